The van der Waals surface area contributed by atoms with Gasteiger partial charge in [0.15, 0.2) is 0 Å². The van der Waals surface area contributed by atoms with Gasteiger partial charge >= 0.3 is 0 Å². The molecule has 2 rings (SSSR count). The molecule has 3 nitrogen and oxygen atoms in total. The topological polar surface area (TPSA) is 44.5 Å². The number of nitrogens with two attached hydrogens (primary N) is 1. The summed E-state index contributed by atoms with van der Waals surface area (Å²) in [6.45, 7) is 0. The first kappa shape index (κ1) is 9.65. The number of rotatable bonds is 2. The molecule has 3 heteroatoms. The van der Waals surface area contributed by atoms with Crippen LogP contribution in [0.2, 0.25) is 0 Å². The first-order valence-corrected chi connectivity index (χ1v) is 4.66. The van der Waals surface area contributed by atoms with Gasteiger partial charge in [0.25, 0.3) is 0 Å². The van der Waals surface area contributed by atoms with Crippen molar-refractivity contribution in [3.8, 4) is 11.5 Å². The minimum atomic E-state index is 0.664. The number of benzene rings is 2. The first-order valence-electron chi connectivity index (χ1n) is 4.66. The Hall–Kier alpha value is -1.90. The van der Waals surface area contributed by atoms with Crippen LogP contribution in [-0.2, 0) is 0 Å². The van der Waals surface area contributed by atoms with Crippen LogP contribution in [0.1, 0.15) is 0 Å². The molecule has 78 valence electrons. The minimum absolute atomic E-state index is 0.664. The Labute approximate surface area is 88.4 Å². The van der Waals surface area contributed by atoms with Crippen LogP contribution in [0.25, 0.3) is 10.8 Å². The van der Waals surface area contributed by atoms with Crippen LogP contribution < -0.4 is 15.2 Å². The lowest BCUT2D eigenvalue weighted by Crippen LogP contribution is -1.93. The predicted molar refractivity (Wildman–Crippen MR) is 61.5 cm³/mol. The molecule has 0 aliphatic rings. The second-order valence-electron chi connectivity index (χ2n) is 3.27. The van der Waals surface area contributed by atoms with Crippen molar-refractivity contribution in [2.75, 3.05) is 20.0 Å². The highest BCUT2D eigenvalue weighted by Gasteiger charge is 2.04. The minimum Gasteiger partial charge on any atom is -0.497 e. The van der Waals surface area contributed by atoms with Gasteiger partial charge in [0.2, 0.25) is 0 Å². The Morgan fingerprint density at radius 2 is 1.80 bits per heavy atom. The second-order valence-corrected chi connectivity index (χ2v) is 3.27. The Kier molecular flexibility index (Phi) is 2.37. The van der Waals surface area contributed by atoms with Gasteiger partial charge in [-0.25, -0.2) is 0 Å². The molecule has 0 amide bonds. The second kappa shape index (κ2) is 3.69. The third-order valence-electron chi connectivity index (χ3n) is 2.45. The van der Waals surface area contributed by atoms with Crippen LogP contribution in [0.15, 0.2) is 30.3 Å². The monoisotopic (exact) mass is 203 g/mol. The van der Waals surface area contributed by atoms with Crippen molar-refractivity contribution >= 4 is 16.5 Å². The summed E-state index contributed by atoms with van der Waals surface area (Å²) in [6, 6.07) is 9.60. The Bertz CT molecular complexity index is 494. The van der Waals surface area contributed by atoms with Gasteiger partial charge in [-0.2, -0.15) is 0 Å². The maximum Gasteiger partial charge on any atom is 0.142 e. The fraction of sp³-hybridized carbons (Fsp3) is 0.167. The summed E-state index contributed by atoms with van der Waals surface area (Å²) in [6.07, 6.45) is 0. The smallest absolute Gasteiger partial charge is 0.142 e. The van der Waals surface area contributed by atoms with Gasteiger partial charge in [-0.3, -0.25) is 0 Å². The molecule has 0 heterocycles. The molecule has 0 radical (unpaired) electrons. The van der Waals surface area contributed by atoms with E-state index in [1.165, 1.54) is 0 Å². The molecule has 2 N–H and O–H groups in total. The van der Waals surface area contributed by atoms with E-state index in [1.54, 1.807) is 14.2 Å². The van der Waals surface area contributed by atoms with E-state index in [4.69, 9.17) is 15.2 Å². The number of ether oxygens (including phenoxy) is 2. The standard InChI is InChI=1S/C12H13NO2/c1-14-9-4-5-10-8(7-9)3-6-11(15-2)12(10)13/h3-7H,13H2,1-2H3. The Morgan fingerprint density at radius 3 is 2.47 bits per heavy atom. The largest absolute Gasteiger partial charge is 0.497 e. The lowest BCUT2D eigenvalue weighted by atomic mass is 10.1. The zero-order valence-corrected chi connectivity index (χ0v) is 8.78. The summed E-state index contributed by atoms with van der Waals surface area (Å²) in [5.74, 6) is 1.53. The predicted octanol–water partition coefficient (Wildman–Crippen LogP) is 2.44. The molecule has 0 saturated carbocycles. The molecule has 2 aromatic carbocycles. The third-order valence-corrected chi connectivity index (χ3v) is 2.45. The van der Waals surface area contributed by atoms with Crippen molar-refractivity contribution in [3.05, 3.63) is 30.3 Å². The van der Waals surface area contributed by atoms with Gasteiger partial charge in [-0.15, -0.1) is 0 Å². The van der Waals surface area contributed by atoms with Gasteiger partial charge in [0.1, 0.15) is 11.5 Å². The summed E-state index contributed by atoms with van der Waals surface area (Å²) in [5.41, 5.74) is 6.62. The van der Waals surface area contributed by atoms with Crippen LogP contribution in [0.5, 0.6) is 11.5 Å². The summed E-state index contributed by atoms with van der Waals surface area (Å²) in [5, 5.41) is 2.03. The van der Waals surface area contributed by atoms with Crippen molar-refractivity contribution in [1.82, 2.24) is 0 Å². The molecule has 15 heavy (non-hydrogen) atoms. The fourth-order valence-electron chi connectivity index (χ4n) is 1.62. The van der Waals surface area contributed by atoms with E-state index in [9.17, 15) is 0 Å². The molecule has 0 spiro atoms. The van der Waals surface area contributed by atoms with Gasteiger partial charge in [0, 0.05) is 5.39 Å². The summed E-state index contributed by atoms with van der Waals surface area (Å²) >= 11 is 0. The highest BCUT2D eigenvalue weighted by molar-refractivity contribution is 5.96. The number of hydrogen-bond donors (Lipinski definition) is 1. The zero-order valence-electron chi connectivity index (χ0n) is 8.78. The summed E-state index contributed by atoms with van der Waals surface area (Å²) in [4.78, 5) is 0. The third kappa shape index (κ3) is 1.56. The molecular formula is C12H13NO2. The zero-order chi connectivity index (χ0) is 10.8. The molecule has 0 bridgehead atoms. The quantitative estimate of drug-likeness (QED) is 0.762. The molecule has 0 saturated heterocycles. The molecule has 2 aromatic rings. The fourth-order valence-corrected chi connectivity index (χ4v) is 1.62. The first-order chi connectivity index (χ1) is 7.26. The Balaban J connectivity index is 2.68. The molecule has 0 atom stereocenters. The Morgan fingerprint density at radius 1 is 1.00 bits per heavy atom. The van der Waals surface area contributed by atoms with Crippen LogP contribution in [0.4, 0.5) is 5.69 Å². The molecule has 0 aliphatic carbocycles. The molecule has 0 fully saturated rings. The maximum atomic E-state index is 5.96. The van der Waals surface area contributed by atoms with Crippen LogP contribution in [0.3, 0.4) is 0 Å². The van der Waals surface area contributed by atoms with E-state index in [1.807, 2.05) is 30.3 Å². The van der Waals surface area contributed by atoms with Crippen molar-refractivity contribution in [2.24, 2.45) is 0 Å². The number of fused-ring (bicyclic) bond motifs is 1. The highest BCUT2D eigenvalue weighted by atomic mass is 16.5. The van der Waals surface area contributed by atoms with Gasteiger partial charge < -0.3 is 15.2 Å². The highest BCUT2D eigenvalue weighted by Crippen LogP contribution is 2.32. The van der Waals surface area contributed by atoms with E-state index < -0.39 is 0 Å². The average molecular weight is 203 g/mol. The molecule has 0 aromatic heterocycles. The summed E-state index contributed by atoms with van der Waals surface area (Å²) in [7, 11) is 3.26. The van der Waals surface area contributed by atoms with E-state index in [0.717, 1.165) is 16.5 Å². The van der Waals surface area contributed by atoms with Gasteiger partial charge in [-0.05, 0) is 29.7 Å². The SMILES string of the molecule is COc1ccc2c(N)c(OC)ccc2c1. The average Bonchev–Trinajstić information content (AvgIpc) is 2.29. The number of nitrogen functional groups attached to an aromatic ring is 1. The lowest BCUT2D eigenvalue weighted by molar-refractivity contribution is 0.415. The van der Waals surface area contributed by atoms with E-state index in [0.29, 0.717) is 11.4 Å². The summed E-state index contributed by atoms with van der Waals surface area (Å²) < 4.78 is 10.3. The van der Waals surface area contributed by atoms with Crippen LogP contribution >= 0.6 is 0 Å². The van der Waals surface area contributed by atoms with E-state index in [2.05, 4.69) is 0 Å². The van der Waals surface area contributed by atoms with Crippen LogP contribution in [-0.4, -0.2) is 14.2 Å². The van der Waals surface area contributed by atoms with Crippen LogP contribution in [0, 0.1) is 0 Å². The van der Waals surface area contributed by atoms with Crippen molar-refractivity contribution < 1.29 is 9.47 Å². The molecule has 0 unspecified atom stereocenters. The normalized spacial score (nSPS) is 10.3. The number of hydrogen-bond acceptors (Lipinski definition) is 3. The van der Waals surface area contributed by atoms with Gasteiger partial charge in [-0.1, -0.05) is 6.07 Å². The maximum absolute atomic E-state index is 5.96. The molecule has 0 aliphatic heterocycles. The number of anilines is 1. The van der Waals surface area contributed by atoms with Crippen molar-refractivity contribution in [2.45, 2.75) is 0 Å². The number of methoxy groups -OCH3 is 2. The lowest BCUT2D eigenvalue weighted by Gasteiger charge is -2.08. The van der Waals surface area contributed by atoms with E-state index >= 15 is 0 Å². The van der Waals surface area contributed by atoms with Crippen molar-refractivity contribution in [3.63, 3.8) is 0 Å². The molecular weight excluding hydrogens is 190 g/mol. The van der Waals surface area contributed by atoms with Gasteiger partial charge in [0.05, 0.1) is 19.9 Å². The van der Waals surface area contributed by atoms with Crippen molar-refractivity contribution in [1.29, 1.82) is 0 Å². The van der Waals surface area contributed by atoms with E-state index in [-0.39, 0.29) is 0 Å².